The third-order valence-electron chi connectivity index (χ3n) is 3.85. The van der Waals surface area contributed by atoms with Crippen molar-refractivity contribution in [3.05, 3.63) is 18.0 Å². The molecule has 2 rings (SSSR count). The molecule has 0 atom stereocenters. The zero-order valence-corrected chi connectivity index (χ0v) is 14.2. The zero-order chi connectivity index (χ0) is 16.3. The topological polar surface area (TPSA) is 76.7 Å². The molecule has 124 valence electrons. The molecule has 0 spiro atoms. The maximum Gasteiger partial charge on any atom is 0.270 e. The normalized spacial score (nSPS) is 16.0. The molecule has 0 aromatic carbocycles. The molecule has 1 aromatic rings. The molecule has 1 aromatic heterocycles. The zero-order valence-electron chi connectivity index (χ0n) is 13.4. The quantitative estimate of drug-likeness (QED) is 0.822. The lowest BCUT2D eigenvalue weighted by atomic mass is 10.4. The number of aromatic nitrogens is 1. The van der Waals surface area contributed by atoms with Crippen molar-refractivity contribution in [2.45, 2.75) is 17.7 Å². The Kier molecular flexibility index (Phi) is 5.25. The lowest BCUT2D eigenvalue weighted by molar-refractivity contribution is 0.0787. The summed E-state index contributed by atoms with van der Waals surface area (Å²) < 4.78 is 26.2. The minimum atomic E-state index is -3.57. The molecule has 8 heteroatoms. The highest BCUT2D eigenvalue weighted by Crippen LogP contribution is 2.18. The molecule has 22 heavy (non-hydrogen) atoms. The van der Waals surface area contributed by atoms with E-state index in [1.165, 1.54) is 16.6 Å². The van der Waals surface area contributed by atoms with Gasteiger partial charge in [0.15, 0.2) is 0 Å². The minimum absolute atomic E-state index is 0.130. The van der Waals surface area contributed by atoms with Crippen LogP contribution in [0.25, 0.3) is 0 Å². The summed E-state index contributed by atoms with van der Waals surface area (Å²) in [5.74, 6) is -0.130. The fraction of sp³-hybridized carbons (Fsp3) is 0.643. The Morgan fingerprint density at radius 1 is 1.23 bits per heavy atom. The summed E-state index contributed by atoms with van der Waals surface area (Å²) in [4.78, 5) is 18.9. The van der Waals surface area contributed by atoms with E-state index in [0.717, 1.165) is 25.9 Å². The van der Waals surface area contributed by atoms with Crippen LogP contribution in [0.1, 0.15) is 23.3 Å². The summed E-state index contributed by atoms with van der Waals surface area (Å²) in [6, 6.07) is 1.43. The molecule has 1 fully saturated rings. The fourth-order valence-corrected chi connectivity index (χ4v) is 3.53. The summed E-state index contributed by atoms with van der Waals surface area (Å²) in [5, 5.41) is 0. The van der Waals surface area contributed by atoms with Gasteiger partial charge in [0.2, 0.25) is 10.0 Å². The summed E-state index contributed by atoms with van der Waals surface area (Å²) >= 11 is 0. The van der Waals surface area contributed by atoms with Crippen molar-refractivity contribution >= 4 is 15.9 Å². The molecular formula is C14H24N4O3S. The van der Waals surface area contributed by atoms with Crippen molar-refractivity contribution in [3.8, 4) is 0 Å². The summed E-state index contributed by atoms with van der Waals surface area (Å²) in [6.07, 6.45) is 3.40. The third kappa shape index (κ3) is 3.68. The molecule has 0 unspecified atom stereocenters. The molecule has 0 aliphatic carbocycles. The number of hydrogen-bond acceptors (Lipinski definition) is 4. The number of aromatic amines is 1. The van der Waals surface area contributed by atoms with Gasteiger partial charge in [-0.25, -0.2) is 8.42 Å². The predicted molar refractivity (Wildman–Crippen MR) is 84.3 cm³/mol. The highest BCUT2D eigenvalue weighted by Gasteiger charge is 2.26. The number of nitrogens with zero attached hydrogens (tertiary/aromatic N) is 3. The molecule has 1 N–H and O–H groups in total. The Morgan fingerprint density at radius 2 is 1.86 bits per heavy atom. The summed E-state index contributed by atoms with van der Waals surface area (Å²) in [6.45, 7) is 2.51. The number of sulfonamides is 1. The van der Waals surface area contributed by atoms with Crippen molar-refractivity contribution in [1.82, 2.24) is 19.1 Å². The van der Waals surface area contributed by atoms with Gasteiger partial charge in [0.05, 0.1) is 0 Å². The van der Waals surface area contributed by atoms with Crippen molar-refractivity contribution in [3.63, 3.8) is 0 Å². The van der Waals surface area contributed by atoms with Crippen LogP contribution in [-0.4, -0.2) is 80.7 Å². The Balaban J connectivity index is 2.10. The van der Waals surface area contributed by atoms with Gasteiger partial charge in [-0.05, 0) is 33.0 Å². The van der Waals surface area contributed by atoms with E-state index >= 15 is 0 Å². The fourth-order valence-electron chi connectivity index (χ4n) is 2.38. The van der Waals surface area contributed by atoms with Crippen LogP contribution in [0.2, 0.25) is 0 Å². The van der Waals surface area contributed by atoms with Crippen molar-refractivity contribution in [2.24, 2.45) is 0 Å². The molecule has 2 heterocycles. The van der Waals surface area contributed by atoms with Crippen LogP contribution < -0.4 is 0 Å². The minimum Gasteiger partial charge on any atom is -0.356 e. The number of likely N-dealkylation sites (tertiary alicyclic amines) is 1. The summed E-state index contributed by atoms with van der Waals surface area (Å²) in [5.41, 5.74) is 0.335. The maximum atomic E-state index is 12.5. The molecule has 7 nitrogen and oxygen atoms in total. The average molecular weight is 328 g/mol. The van der Waals surface area contributed by atoms with Gasteiger partial charge >= 0.3 is 0 Å². The highest BCUT2D eigenvalue weighted by atomic mass is 32.2. The standard InChI is InChI=1S/C14H24N4O3S/c1-16(2)8-9-17(3)22(20,21)12-10-13(15-11-12)14(19)18-6-4-5-7-18/h10-11,15H,4-9H2,1-3H3. The number of likely N-dealkylation sites (N-methyl/N-ethyl adjacent to an activating group) is 2. The molecular weight excluding hydrogens is 304 g/mol. The van der Waals surface area contributed by atoms with Gasteiger partial charge in [0.1, 0.15) is 10.6 Å². The van der Waals surface area contributed by atoms with E-state index in [1.807, 2.05) is 19.0 Å². The molecule has 0 radical (unpaired) electrons. The second-order valence-electron chi connectivity index (χ2n) is 5.88. The van der Waals surface area contributed by atoms with Crippen LogP contribution in [0.4, 0.5) is 0 Å². The van der Waals surface area contributed by atoms with E-state index < -0.39 is 10.0 Å². The Labute approximate surface area is 131 Å². The number of hydrogen-bond donors (Lipinski definition) is 1. The number of rotatable bonds is 6. The third-order valence-corrected chi connectivity index (χ3v) is 5.69. The average Bonchev–Trinajstić information content (AvgIpc) is 3.14. The predicted octanol–water partition coefficient (Wildman–Crippen LogP) is 0.433. The van der Waals surface area contributed by atoms with Crippen molar-refractivity contribution in [1.29, 1.82) is 0 Å². The second-order valence-corrected chi connectivity index (χ2v) is 7.92. The first kappa shape index (κ1) is 17.0. The first-order valence-corrected chi connectivity index (χ1v) is 8.85. The van der Waals surface area contributed by atoms with Gasteiger partial charge in [0, 0.05) is 39.4 Å². The molecule has 1 saturated heterocycles. The largest absolute Gasteiger partial charge is 0.356 e. The number of nitrogens with one attached hydrogen (secondary N) is 1. The first-order valence-electron chi connectivity index (χ1n) is 7.41. The van der Waals surface area contributed by atoms with Crippen LogP contribution in [0, 0.1) is 0 Å². The van der Waals surface area contributed by atoms with Crippen LogP contribution in [0.5, 0.6) is 0 Å². The Morgan fingerprint density at radius 3 is 2.45 bits per heavy atom. The Hall–Kier alpha value is -1.38. The SMILES string of the molecule is CN(C)CCN(C)S(=O)(=O)c1c[nH]c(C(=O)N2CCCC2)c1. The van der Waals surface area contributed by atoms with Crippen LogP contribution >= 0.6 is 0 Å². The van der Waals surface area contributed by atoms with E-state index in [1.54, 1.807) is 11.9 Å². The van der Waals surface area contributed by atoms with E-state index in [2.05, 4.69) is 4.98 Å². The number of carbonyl (C=O) groups is 1. The van der Waals surface area contributed by atoms with Gasteiger partial charge in [-0.3, -0.25) is 4.79 Å². The number of H-pyrrole nitrogens is 1. The van der Waals surface area contributed by atoms with Crippen molar-refractivity contribution in [2.75, 3.05) is 47.3 Å². The van der Waals surface area contributed by atoms with Crippen LogP contribution in [0.15, 0.2) is 17.2 Å². The van der Waals surface area contributed by atoms with Gasteiger partial charge in [-0.1, -0.05) is 0 Å². The lowest BCUT2D eigenvalue weighted by Crippen LogP contribution is -2.33. The Bertz CT molecular complexity index is 618. The van der Waals surface area contributed by atoms with E-state index in [4.69, 9.17) is 0 Å². The van der Waals surface area contributed by atoms with Crippen molar-refractivity contribution < 1.29 is 13.2 Å². The smallest absolute Gasteiger partial charge is 0.270 e. The van der Waals surface area contributed by atoms with E-state index in [-0.39, 0.29) is 10.8 Å². The molecule has 0 saturated carbocycles. The highest BCUT2D eigenvalue weighted by molar-refractivity contribution is 7.89. The van der Waals surface area contributed by atoms with Gasteiger partial charge < -0.3 is 14.8 Å². The molecule has 1 aliphatic rings. The van der Waals surface area contributed by atoms with E-state index in [9.17, 15) is 13.2 Å². The maximum absolute atomic E-state index is 12.5. The lowest BCUT2D eigenvalue weighted by Gasteiger charge is -2.18. The van der Waals surface area contributed by atoms with Gasteiger partial charge in [-0.15, -0.1) is 0 Å². The van der Waals surface area contributed by atoms with Crippen LogP contribution in [-0.2, 0) is 10.0 Å². The van der Waals surface area contributed by atoms with Crippen LogP contribution in [0.3, 0.4) is 0 Å². The van der Waals surface area contributed by atoms with Gasteiger partial charge in [0.25, 0.3) is 5.91 Å². The first-order chi connectivity index (χ1) is 10.3. The second kappa shape index (κ2) is 6.80. The monoisotopic (exact) mass is 328 g/mol. The number of amides is 1. The summed E-state index contributed by atoms with van der Waals surface area (Å²) in [7, 11) is 1.77. The molecule has 0 bridgehead atoms. The van der Waals surface area contributed by atoms with E-state index in [0.29, 0.717) is 18.8 Å². The molecule has 1 aliphatic heterocycles. The number of carbonyl (C=O) groups excluding carboxylic acids is 1. The molecule has 1 amide bonds. The van der Waals surface area contributed by atoms with Gasteiger partial charge in [-0.2, -0.15) is 4.31 Å².